The van der Waals surface area contributed by atoms with Crippen LogP contribution in [0, 0.1) is 0 Å². The monoisotopic (exact) mass is 283 g/mol. The molecule has 0 saturated carbocycles. The summed E-state index contributed by atoms with van der Waals surface area (Å²) in [5.41, 5.74) is 2.57. The zero-order valence-electron chi connectivity index (χ0n) is 13.4. The summed E-state index contributed by atoms with van der Waals surface area (Å²) in [6.07, 6.45) is 0. The Hall–Kier alpha value is -1.80. The second kappa shape index (κ2) is 6.77. The molecule has 2 aromatic rings. The zero-order chi connectivity index (χ0) is 15.3. The van der Waals surface area contributed by atoms with E-state index in [0.29, 0.717) is 0 Å². The maximum Gasteiger partial charge on any atom is 0.131 e. The highest BCUT2D eigenvalue weighted by Gasteiger charge is 2.18. The Bertz CT molecular complexity index is 567. The molecule has 0 aromatic heterocycles. The molecule has 0 unspecified atom stereocenters. The fourth-order valence-electron chi connectivity index (χ4n) is 2.25. The number of para-hydroxylation sites is 1. The van der Waals surface area contributed by atoms with Crippen molar-refractivity contribution in [2.75, 3.05) is 6.54 Å². The van der Waals surface area contributed by atoms with E-state index in [1.165, 1.54) is 11.1 Å². The van der Waals surface area contributed by atoms with Gasteiger partial charge in [-0.1, -0.05) is 58.0 Å². The molecule has 0 saturated heterocycles. The van der Waals surface area contributed by atoms with E-state index in [4.69, 9.17) is 4.74 Å². The van der Waals surface area contributed by atoms with E-state index in [-0.39, 0.29) is 5.41 Å². The molecule has 0 aliphatic heterocycles. The van der Waals surface area contributed by atoms with Crippen molar-refractivity contribution < 1.29 is 4.74 Å². The van der Waals surface area contributed by atoms with Crippen LogP contribution in [0.15, 0.2) is 48.5 Å². The first kappa shape index (κ1) is 15.6. The first-order chi connectivity index (χ1) is 10.0. The van der Waals surface area contributed by atoms with E-state index in [2.05, 4.69) is 57.3 Å². The smallest absolute Gasteiger partial charge is 0.131 e. The summed E-state index contributed by atoms with van der Waals surface area (Å²) in [4.78, 5) is 0. The largest absolute Gasteiger partial charge is 0.457 e. The number of benzene rings is 2. The average molecular weight is 283 g/mol. The minimum Gasteiger partial charge on any atom is -0.457 e. The molecule has 2 aromatic carbocycles. The van der Waals surface area contributed by atoms with Crippen LogP contribution >= 0.6 is 0 Å². The Morgan fingerprint density at radius 2 is 1.62 bits per heavy atom. The number of rotatable bonds is 5. The van der Waals surface area contributed by atoms with E-state index in [1.54, 1.807) is 0 Å². The van der Waals surface area contributed by atoms with Gasteiger partial charge < -0.3 is 10.1 Å². The van der Waals surface area contributed by atoms with Crippen molar-refractivity contribution in [3.63, 3.8) is 0 Å². The van der Waals surface area contributed by atoms with Crippen LogP contribution in [-0.4, -0.2) is 6.54 Å². The van der Waals surface area contributed by atoms with Gasteiger partial charge in [0.2, 0.25) is 0 Å². The fourth-order valence-corrected chi connectivity index (χ4v) is 2.25. The Morgan fingerprint density at radius 1 is 0.952 bits per heavy atom. The summed E-state index contributed by atoms with van der Waals surface area (Å²) < 4.78 is 6.08. The van der Waals surface area contributed by atoms with Gasteiger partial charge in [0.1, 0.15) is 11.5 Å². The summed E-state index contributed by atoms with van der Waals surface area (Å²) in [6.45, 7) is 10.6. The lowest BCUT2D eigenvalue weighted by Gasteiger charge is -2.22. The standard InChI is InChI=1S/C19H25NO/c1-5-20-14-15-10-12-16(13-11-15)21-18-9-7-6-8-17(18)19(2,3)4/h6-13,20H,5,14H2,1-4H3. The Kier molecular flexibility index (Phi) is 5.03. The minimum absolute atomic E-state index is 0.0710. The molecule has 0 aliphatic rings. The second-order valence-electron chi connectivity index (χ2n) is 6.27. The van der Waals surface area contributed by atoms with Crippen LogP contribution in [0.1, 0.15) is 38.8 Å². The van der Waals surface area contributed by atoms with E-state index in [9.17, 15) is 0 Å². The van der Waals surface area contributed by atoms with Crippen LogP contribution in [0.4, 0.5) is 0 Å². The molecule has 0 fully saturated rings. The average Bonchev–Trinajstić information content (AvgIpc) is 2.46. The molecule has 0 spiro atoms. The molecular weight excluding hydrogens is 258 g/mol. The van der Waals surface area contributed by atoms with E-state index in [1.807, 2.05) is 24.3 Å². The quantitative estimate of drug-likeness (QED) is 0.844. The summed E-state index contributed by atoms with van der Waals surface area (Å²) in [5.74, 6) is 1.82. The van der Waals surface area contributed by atoms with Crippen LogP contribution in [0.5, 0.6) is 11.5 Å². The van der Waals surface area contributed by atoms with Gasteiger partial charge in [-0.05, 0) is 35.7 Å². The van der Waals surface area contributed by atoms with Gasteiger partial charge in [-0.15, -0.1) is 0 Å². The van der Waals surface area contributed by atoms with Gasteiger partial charge >= 0.3 is 0 Å². The lowest BCUT2D eigenvalue weighted by Crippen LogP contribution is -2.12. The van der Waals surface area contributed by atoms with Crippen LogP contribution in [0.2, 0.25) is 0 Å². The van der Waals surface area contributed by atoms with E-state index in [0.717, 1.165) is 24.6 Å². The van der Waals surface area contributed by atoms with Crippen molar-refractivity contribution in [2.24, 2.45) is 0 Å². The van der Waals surface area contributed by atoms with Gasteiger partial charge in [-0.3, -0.25) is 0 Å². The van der Waals surface area contributed by atoms with Gasteiger partial charge in [-0.25, -0.2) is 0 Å². The molecular formula is C19H25NO. The number of ether oxygens (including phenoxy) is 1. The molecule has 0 radical (unpaired) electrons. The van der Waals surface area contributed by atoms with Crippen molar-refractivity contribution in [1.29, 1.82) is 0 Å². The van der Waals surface area contributed by atoms with Crippen LogP contribution in [-0.2, 0) is 12.0 Å². The van der Waals surface area contributed by atoms with Gasteiger partial charge in [0.05, 0.1) is 0 Å². The Morgan fingerprint density at radius 3 is 2.24 bits per heavy atom. The lowest BCUT2D eigenvalue weighted by atomic mass is 9.86. The van der Waals surface area contributed by atoms with E-state index >= 15 is 0 Å². The van der Waals surface area contributed by atoms with Crippen LogP contribution in [0.25, 0.3) is 0 Å². The molecule has 0 heterocycles. The Balaban J connectivity index is 2.15. The van der Waals surface area contributed by atoms with Gasteiger partial charge in [0.25, 0.3) is 0 Å². The molecule has 1 N–H and O–H groups in total. The maximum absolute atomic E-state index is 6.08. The molecule has 2 rings (SSSR count). The highest BCUT2D eigenvalue weighted by atomic mass is 16.5. The predicted molar refractivity (Wildman–Crippen MR) is 89.0 cm³/mol. The fraction of sp³-hybridized carbons (Fsp3) is 0.368. The van der Waals surface area contributed by atoms with E-state index < -0.39 is 0 Å². The molecule has 0 atom stereocenters. The summed E-state index contributed by atoms with van der Waals surface area (Å²) in [5, 5.41) is 3.32. The molecule has 21 heavy (non-hydrogen) atoms. The third kappa shape index (κ3) is 4.33. The van der Waals surface area contributed by atoms with Crippen molar-refractivity contribution in [3.8, 4) is 11.5 Å². The summed E-state index contributed by atoms with van der Waals surface area (Å²) >= 11 is 0. The Labute approximate surface area is 128 Å². The molecule has 0 aliphatic carbocycles. The molecule has 112 valence electrons. The van der Waals surface area contributed by atoms with Gasteiger partial charge in [0.15, 0.2) is 0 Å². The highest BCUT2D eigenvalue weighted by Crippen LogP contribution is 2.33. The van der Waals surface area contributed by atoms with Crippen molar-refractivity contribution in [2.45, 2.75) is 39.7 Å². The van der Waals surface area contributed by atoms with Crippen molar-refractivity contribution in [3.05, 3.63) is 59.7 Å². The van der Waals surface area contributed by atoms with Crippen molar-refractivity contribution in [1.82, 2.24) is 5.32 Å². The molecule has 0 bridgehead atoms. The number of hydrogen-bond acceptors (Lipinski definition) is 2. The molecule has 0 amide bonds. The second-order valence-corrected chi connectivity index (χ2v) is 6.27. The SMILES string of the molecule is CCNCc1ccc(Oc2ccccc2C(C)(C)C)cc1. The van der Waals surface area contributed by atoms with Gasteiger partial charge in [-0.2, -0.15) is 0 Å². The normalized spacial score (nSPS) is 11.4. The molecule has 2 nitrogen and oxygen atoms in total. The van der Waals surface area contributed by atoms with Crippen LogP contribution < -0.4 is 10.1 Å². The minimum atomic E-state index is 0.0710. The van der Waals surface area contributed by atoms with Crippen LogP contribution in [0.3, 0.4) is 0 Å². The lowest BCUT2D eigenvalue weighted by molar-refractivity contribution is 0.455. The highest BCUT2D eigenvalue weighted by molar-refractivity contribution is 5.41. The third-order valence-electron chi connectivity index (χ3n) is 3.43. The third-order valence-corrected chi connectivity index (χ3v) is 3.43. The zero-order valence-corrected chi connectivity index (χ0v) is 13.4. The van der Waals surface area contributed by atoms with Gasteiger partial charge in [0, 0.05) is 12.1 Å². The van der Waals surface area contributed by atoms with Crippen molar-refractivity contribution >= 4 is 0 Å². The summed E-state index contributed by atoms with van der Waals surface area (Å²) in [7, 11) is 0. The predicted octanol–water partition coefficient (Wildman–Crippen LogP) is 4.89. The molecule has 2 heteroatoms. The number of nitrogens with one attached hydrogen (secondary N) is 1. The first-order valence-corrected chi connectivity index (χ1v) is 7.57. The number of hydrogen-bond donors (Lipinski definition) is 1. The maximum atomic E-state index is 6.08. The topological polar surface area (TPSA) is 21.3 Å². The summed E-state index contributed by atoms with van der Waals surface area (Å²) in [6, 6.07) is 16.5. The first-order valence-electron chi connectivity index (χ1n) is 7.57.